The van der Waals surface area contributed by atoms with E-state index in [0.717, 1.165) is 0 Å². The molecular weight excluding hydrogens is 442 g/mol. The van der Waals surface area contributed by atoms with Crippen molar-refractivity contribution >= 4 is 29.3 Å². The van der Waals surface area contributed by atoms with E-state index < -0.39 is 0 Å². The van der Waals surface area contributed by atoms with Crippen molar-refractivity contribution < 1.29 is 19.1 Å². The number of carbonyl (C=O) groups is 2. The Balaban J connectivity index is 1.57. The Morgan fingerprint density at radius 2 is 1.85 bits per heavy atom. The molecule has 1 heterocycles. The van der Waals surface area contributed by atoms with Crippen LogP contribution in [0.4, 0.5) is 5.69 Å². The van der Waals surface area contributed by atoms with Gasteiger partial charge in [-0.1, -0.05) is 23.9 Å². The Kier molecular flexibility index (Phi) is 8.31. The molecule has 0 unspecified atom stereocenters. The predicted octanol–water partition coefficient (Wildman–Crippen LogP) is 3.44. The quantitative estimate of drug-likeness (QED) is 0.438. The lowest BCUT2D eigenvalue weighted by Crippen LogP contribution is -2.28. The van der Waals surface area contributed by atoms with E-state index in [4.69, 9.17) is 9.47 Å². The predicted molar refractivity (Wildman–Crippen MR) is 127 cm³/mol. The lowest BCUT2D eigenvalue weighted by Gasteiger charge is -2.14. The summed E-state index contributed by atoms with van der Waals surface area (Å²) in [5.74, 6) is 1.63. The molecule has 1 atom stereocenters. The molecule has 0 saturated heterocycles. The number of hydrogen-bond acceptors (Lipinski definition) is 7. The van der Waals surface area contributed by atoms with Crippen molar-refractivity contribution in [2.75, 3.05) is 24.8 Å². The van der Waals surface area contributed by atoms with Gasteiger partial charge < -0.3 is 24.7 Å². The number of amides is 2. The number of rotatable bonds is 10. The highest BCUT2D eigenvalue weighted by Gasteiger charge is 2.19. The fourth-order valence-corrected chi connectivity index (χ4v) is 3.80. The Morgan fingerprint density at radius 1 is 1.12 bits per heavy atom. The van der Waals surface area contributed by atoms with Crippen LogP contribution in [0.5, 0.6) is 11.5 Å². The average Bonchev–Trinajstić information content (AvgIpc) is 3.19. The zero-order valence-electron chi connectivity index (χ0n) is 19.0. The van der Waals surface area contributed by atoms with Gasteiger partial charge >= 0.3 is 0 Å². The van der Waals surface area contributed by atoms with Crippen LogP contribution in [0.25, 0.3) is 0 Å². The van der Waals surface area contributed by atoms with E-state index in [1.807, 2.05) is 32.0 Å². The smallest absolute Gasteiger partial charge is 0.251 e. The monoisotopic (exact) mass is 469 g/mol. The fourth-order valence-electron chi connectivity index (χ4n) is 3.08. The second-order valence-electron chi connectivity index (χ2n) is 7.09. The summed E-state index contributed by atoms with van der Waals surface area (Å²) in [5, 5.41) is 14.7. The lowest BCUT2D eigenvalue weighted by molar-refractivity contribution is -0.113. The van der Waals surface area contributed by atoms with Crippen molar-refractivity contribution in [3.05, 3.63) is 59.9 Å². The van der Waals surface area contributed by atoms with Crippen LogP contribution in [0.3, 0.4) is 0 Å². The number of para-hydroxylation sites is 2. The first-order valence-corrected chi connectivity index (χ1v) is 11.4. The van der Waals surface area contributed by atoms with E-state index in [9.17, 15) is 9.59 Å². The molecule has 2 amide bonds. The number of nitrogens with one attached hydrogen (secondary N) is 2. The molecule has 0 aliphatic rings. The Hall–Kier alpha value is -3.53. The number of ether oxygens (including phenoxy) is 2. The van der Waals surface area contributed by atoms with E-state index in [2.05, 4.69) is 20.8 Å². The normalized spacial score (nSPS) is 11.5. The van der Waals surface area contributed by atoms with E-state index in [1.54, 1.807) is 49.1 Å². The maximum atomic E-state index is 12.5. The van der Waals surface area contributed by atoms with Crippen molar-refractivity contribution in [1.82, 2.24) is 20.1 Å². The largest absolute Gasteiger partial charge is 0.497 e. The summed E-state index contributed by atoms with van der Waals surface area (Å²) < 4.78 is 12.4. The van der Waals surface area contributed by atoms with Gasteiger partial charge in [0.15, 0.2) is 11.0 Å². The molecule has 0 saturated carbocycles. The van der Waals surface area contributed by atoms with Crippen molar-refractivity contribution in [3.8, 4) is 11.5 Å². The Morgan fingerprint density at radius 3 is 2.55 bits per heavy atom. The van der Waals surface area contributed by atoms with Gasteiger partial charge in [-0.3, -0.25) is 9.59 Å². The number of aromatic nitrogens is 3. The van der Waals surface area contributed by atoms with Crippen molar-refractivity contribution in [2.24, 2.45) is 7.05 Å². The van der Waals surface area contributed by atoms with Crippen molar-refractivity contribution in [3.63, 3.8) is 0 Å². The molecule has 1 aromatic heterocycles. The van der Waals surface area contributed by atoms with E-state index >= 15 is 0 Å². The average molecular weight is 470 g/mol. The molecule has 3 aromatic rings. The highest BCUT2D eigenvalue weighted by molar-refractivity contribution is 7.99. The summed E-state index contributed by atoms with van der Waals surface area (Å²) in [6.07, 6.45) is 0. The van der Waals surface area contributed by atoms with Gasteiger partial charge in [0, 0.05) is 12.6 Å². The number of nitrogens with zero attached hydrogens (tertiary/aromatic N) is 3. The summed E-state index contributed by atoms with van der Waals surface area (Å²) in [7, 11) is 3.38. The summed E-state index contributed by atoms with van der Waals surface area (Å²) in [6, 6.07) is 13.8. The third kappa shape index (κ3) is 6.26. The molecule has 0 bridgehead atoms. The molecule has 0 aliphatic carbocycles. The molecule has 3 rings (SSSR count). The third-order valence-electron chi connectivity index (χ3n) is 4.75. The molecule has 2 aromatic carbocycles. The van der Waals surface area contributed by atoms with Gasteiger partial charge in [-0.15, -0.1) is 10.2 Å². The topological polar surface area (TPSA) is 107 Å². The fraction of sp³-hybridized carbons (Fsp3) is 0.304. The number of methoxy groups -OCH3 is 1. The molecule has 9 nitrogen and oxygen atoms in total. The van der Waals surface area contributed by atoms with Crippen LogP contribution in [-0.4, -0.2) is 46.0 Å². The van der Waals surface area contributed by atoms with Crippen LogP contribution >= 0.6 is 11.8 Å². The first-order valence-electron chi connectivity index (χ1n) is 10.4. The van der Waals surface area contributed by atoms with Crippen molar-refractivity contribution in [2.45, 2.75) is 25.0 Å². The van der Waals surface area contributed by atoms with E-state index in [-0.39, 0.29) is 23.6 Å². The van der Waals surface area contributed by atoms with Gasteiger partial charge in [-0.05, 0) is 50.2 Å². The third-order valence-corrected chi connectivity index (χ3v) is 5.77. The molecule has 10 heteroatoms. The van der Waals surface area contributed by atoms with Gasteiger partial charge in [0.25, 0.3) is 5.91 Å². The highest BCUT2D eigenvalue weighted by Crippen LogP contribution is 2.25. The highest BCUT2D eigenvalue weighted by atomic mass is 32.2. The molecule has 0 spiro atoms. The van der Waals surface area contributed by atoms with Gasteiger partial charge in [-0.25, -0.2) is 0 Å². The van der Waals surface area contributed by atoms with Crippen LogP contribution < -0.4 is 20.1 Å². The zero-order chi connectivity index (χ0) is 23.8. The molecular formula is C23H27N5O4S. The summed E-state index contributed by atoms with van der Waals surface area (Å²) >= 11 is 1.26. The van der Waals surface area contributed by atoms with Crippen LogP contribution in [0.15, 0.2) is 53.7 Å². The summed E-state index contributed by atoms with van der Waals surface area (Å²) in [5.41, 5.74) is 1.14. The van der Waals surface area contributed by atoms with Gasteiger partial charge in [0.05, 0.1) is 31.2 Å². The van der Waals surface area contributed by atoms with Gasteiger partial charge in [0.1, 0.15) is 11.5 Å². The zero-order valence-corrected chi connectivity index (χ0v) is 19.8. The van der Waals surface area contributed by atoms with E-state index in [0.29, 0.717) is 40.3 Å². The minimum Gasteiger partial charge on any atom is -0.497 e. The van der Waals surface area contributed by atoms with Gasteiger partial charge in [-0.2, -0.15) is 0 Å². The molecule has 0 radical (unpaired) electrons. The lowest BCUT2D eigenvalue weighted by atomic mass is 10.2. The number of anilines is 1. The van der Waals surface area contributed by atoms with Crippen LogP contribution in [0.2, 0.25) is 0 Å². The number of benzene rings is 2. The number of hydrogen-bond donors (Lipinski definition) is 2. The summed E-state index contributed by atoms with van der Waals surface area (Å²) in [4.78, 5) is 25.0. The maximum absolute atomic E-state index is 12.5. The van der Waals surface area contributed by atoms with Crippen LogP contribution in [0.1, 0.15) is 36.1 Å². The maximum Gasteiger partial charge on any atom is 0.251 e. The van der Waals surface area contributed by atoms with Crippen LogP contribution in [-0.2, 0) is 11.8 Å². The second-order valence-corrected chi connectivity index (χ2v) is 8.03. The Labute approximate surface area is 196 Å². The first-order chi connectivity index (χ1) is 15.9. The van der Waals surface area contributed by atoms with Crippen LogP contribution in [0, 0.1) is 0 Å². The Bertz CT molecular complexity index is 1100. The molecule has 0 aliphatic heterocycles. The van der Waals surface area contributed by atoms with Gasteiger partial charge in [0.2, 0.25) is 5.91 Å². The standard InChI is InChI=1S/C23H27N5O4S/c1-5-32-19-9-7-6-8-18(19)25-20(29)14-33-23-27-26-21(28(23)3)15(2)24-22(30)16-10-12-17(31-4)13-11-16/h6-13,15H,5,14H2,1-4H3,(H,24,30)(H,25,29)/t15-/m1/s1. The second kappa shape index (κ2) is 11.4. The SMILES string of the molecule is CCOc1ccccc1NC(=O)CSc1nnc([C@@H](C)NC(=O)c2ccc(OC)cc2)n1C. The number of carbonyl (C=O) groups excluding carboxylic acids is 2. The minimum absolute atomic E-state index is 0.152. The number of thioether (sulfide) groups is 1. The first kappa shape index (κ1) is 24.1. The molecule has 174 valence electrons. The minimum atomic E-state index is -0.377. The van der Waals surface area contributed by atoms with E-state index in [1.165, 1.54) is 11.8 Å². The molecule has 2 N–H and O–H groups in total. The van der Waals surface area contributed by atoms with Crippen molar-refractivity contribution in [1.29, 1.82) is 0 Å². The molecule has 0 fully saturated rings. The summed E-state index contributed by atoms with van der Waals surface area (Å²) in [6.45, 7) is 4.23. The molecule has 33 heavy (non-hydrogen) atoms.